The van der Waals surface area contributed by atoms with Gasteiger partial charge in [-0.05, 0) is 28.1 Å². The van der Waals surface area contributed by atoms with Crippen molar-refractivity contribution >= 4 is 33.6 Å². The normalized spacial score (nSPS) is 17.3. The molecular weight excluding hydrogens is 333 g/mol. The minimum atomic E-state index is -1.30. The molecule has 0 atom stereocenters. The molecule has 1 aliphatic rings. The highest BCUT2D eigenvalue weighted by Gasteiger charge is 2.38. The Morgan fingerprint density at radius 1 is 1.25 bits per heavy atom. The van der Waals surface area contributed by atoms with Gasteiger partial charge in [0.2, 0.25) is 0 Å². The summed E-state index contributed by atoms with van der Waals surface area (Å²) in [5.74, 6) is -3.49. The second kappa shape index (κ2) is 5.24. The van der Waals surface area contributed by atoms with E-state index in [1.165, 1.54) is 26.0 Å². The number of anilines is 1. The summed E-state index contributed by atoms with van der Waals surface area (Å²) in [5.41, 5.74) is -0.232. The molecule has 5 nitrogen and oxygen atoms in total. The van der Waals surface area contributed by atoms with Crippen molar-refractivity contribution in [1.29, 1.82) is 0 Å². The Labute approximate surface area is 122 Å². The number of carbonyl (C=O) groups excluding carboxylic acids is 2. The molecule has 1 aromatic rings. The fraction of sp³-hybridized carbons (Fsp3) is 0.231. The topological polar surface area (TPSA) is 64.6 Å². The first kappa shape index (κ1) is 14.5. The van der Waals surface area contributed by atoms with Crippen molar-refractivity contribution in [3.05, 3.63) is 40.3 Å². The number of hydrogen-bond donors (Lipinski definition) is 1. The Balaban J connectivity index is 2.24. The third-order valence-corrected chi connectivity index (χ3v) is 3.10. The van der Waals surface area contributed by atoms with Gasteiger partial charge in [0.1, 0.15) is 5.82 Å². The maximum absolute atomic E-state index is 13.6. The number of cyclic esters (lactones) is 2. The molecule has 2 rings (SSSR count). The zero-order valence-corrected chi connectivity index (χ0v) is 12.3. The number of carbonyl (C=O) groups is 2. The molecule has 0 unspecified atom stereocenters. The van der Waals surface area contributed by atoms with Crippen LogP contribution in [0.4, 0.5) is 10.1 Å². The predicted molar refractivity (Wildman–Crippen MR) is 72.1 cm³/mol. The van der Waals surface area contributed by atoms with Crippen LogP contribution < -0.4 is 5.32 Å². The summed E-state index contributed by atoms with van der Waals surface area (Å²) in [7, 11) is 0. The van der Waals surface area contributed by atoms with E-state index in [-0.39, 0.29) is 11.3 Å². The Kier molecular flexibility index (Phi) is 3.80. The van der Waals surface area contributed by atoms with E-state index in [1.54, 1.807) is 6.07 Å². The average molecular weight is 344 g/mol. The highest BCUT2D eigenvalue weighted by Crippen LogP contribution is 2.27. The van der Waals surface area contributed by atoms with E-state index < -0.39 is 23.5 Å². The first-order chi connectivity index (χ1) is 9.30. The molecule has 1 aliphatic heterocycles. The minimum Gasteiger partial charge on any atom is -0.419 e. The van der Waals surface area contributed by atoms with E-state index in [0.717, 1.165) is 6.20 Å². The first-order valence-corrected chi connectivity index (χ1v) is 6.47. The molecule has 0 spiro atoms. The van der Waals surface area contributed by atoms with Gasteiger partial charge >= 0.3 is 11.9 Å². The molecule has 0 aromatic heterocycles. The SMILES string of the molecule is CC1(C)OC(=O)C(=CNc2c(F)cccc2Br)C(=O)O1. The molecule has 0 amide bonds. The van der Waals surface area contributed by atoms with E-state index >= 15 is 0 Å². The van der Waals surface area contributed by atoms with Crippen LogP contribution in [0, 0.1) is 5.82 Å². The molecule has 1 aromatic carbocycles. The molecule has 7 heteroatoms. The predicted octanol–water partition coefficient (Wildman–Crippen LogP) is 2.72. The highest BCUT2D eigenvalue weighted by atomic mass is 79.9. The van der Waals surface area contributed by atoms with Crippen LogP contribution in [0.15, 0.2) is 34.4 Å². The van der Waals surface area contributed by atoms with E-state index in [0.29, 0.717) is 4.47 Å². The van der Waals surface area contributed by atoms with Crippen LogP contribution in [0.2, 0.25) is 0 Å². The molecule has 0 aliphatic carbocycles. The maximum atomic E-state index is 13.6. The number of ether oxygens (including phenoxy) is 2. The molecule has 1 N–H and O–H groups in total. The van der Waals surface area contributed by atoms with Gasteiger partial charge in [-0.2, -0.15) is 0 Å². The molecular formula is C13H11BrFNO4. The highest BCUT2D eigenvalue weighted by molar-refractivity contribution is 9.10. The fourth-order valence-corrected chi connectivity index (χ4v) is 2.01. The average Bonchev–Trinajstić information content (AvgIpc) is 2.29. The summed E-state index contributed by atoms with van der Waals surface area (Å²) >= 11 is 3.16. The van der Waals surface area contributed by atoms with E-state index in [4.69, 9.17) is 9.47 Å². The molecule has 0 radical (unpaired) electrons. The Morgan fingerprint density at radius 3 is 2.40 bits per heavy atom. The monoisotopic (exact) mass is 343 g/mol. The second-order valence-electron chi connectivity index (χ2n) is 4.48. The van der Waals surface area contributed by atoms with Gasteiger partial charge in [-0.3, -0.25) is 0 Å². The van der Waals surface area contributed by atoms with Crippen molar-refractivity contribution in [2.24, 2.45) is 0 Å². The molecule has 1 fully saturated rings. The van der Waals surface area contributed by atoms with Crippen LogP contribution in [0.5, 0.6) is 0 Å². The van der Waals surface area contributed by atoms with Crippen molar-refractivity contribution in [3.8, 4) is 0 Å². The van der Waals surface area contributed by atoms with Gasteiger partial charge in [-0.25, -0.2) is 14.0 Å². The molecule has 106 valence electrons. The van der Waals surface area contributed by atoms with Crippen molar-refractivity contribution in [2.75, 3.05) is 5.32 Å². The standard InChI is InChI=1S/C13H11BrFNO4/c1-13(2)19-11(17)7(12(18)20-13)6-16-10-8(14)4-3-5-9(10)15/h3-6,16H,1-2H3. The summed E-state index contributed by atoms with van der Waals surface area (Å²) in [6, 6.07) is 4.38. The van der Waals surface area contributed by atoms with E-state index in [9.17, 15) is 14.0 Å². The number of halogens is 2. The van der Waals surface area contributed by atoms with Crippen molar-refractivity contribution in [1.82, 2.24) is 0 Å². The van der Waals surface area contributed by atoms with Gasteiger partial charge in [0.25, 0.3) is 5.79 Å². The number of esters is 2. The lowest BCUT2D eigenvalue weighted by atomic mass is 10.2. The quantitative estimate of drug-likeness (QED) is 0.508. The number of hydrogen-bond acceptors (Lipinski definition) is 5. The summed E-state index contributed by atoms with van der Waals surface area (Å²) in [4.78, 5) is 23.3. The third-order valence-electron chi connectivity index (χ3n) is 2.44. The third kappa shape index (κ3) is 2.98. The van der Waals surface area contributed by atoms with Crippen LogP contribution in [0.3, 0.4) is 0 Å². The molecule has 20 heavy (non-hydrogen) atoms. The van der Waals surface area contributed by atoms with Crippen molar-refractivity contribution in [3.63, 3.8) is 0 Å². The summed E-state index contributed by atoms with van der Waals surface area (Å²) < 4.78 is 23.8. The zero-order chi connectivity index (χ0) is 14.9. The lowest BCUT2D eigenvalue weighted by Crippen LogP contribution is -2.42. The number of benzene rings is 1. The molecule has 1 saturated heterocycles. The minimum absolute atomic E-state index is 0.102. The molecule has 1 heterocycles. The van der Waals surface area contributed by atoms with E-state index in [2.05, 4.69) is 21.2 Å². The second-order valence-corrected chi connectivity index (χ2v) is 5.33. The van der Waals surface area contributed by atoms with Crippen LogP contribution >= 0.6 is 15.9 Å². The van der Waals surface area contributed by atoms with Gasteiger partial charge in [0.05, 0.1) is 5.69 Å². The zero-order valence-electron chi connectivity index (χ0n) is 10.7. The number of rotatable bonds is 2. The maximum Gasteiger partial charge on any atom is 0.350 e. The number of nitrogens with one attached hydrogen (secondary N) is 1. The molecule has 0 saturated carbocycles. The molecule has 0 bridgehead atoms. The summed E-state index contributed by atoms with van der Waals surface area (Å²) in [5, 5.41) is 2.55. The van der Waals surface area contributed by atoms with Gasteiger partial charge in [-0.1, -0.05) is 6.07 Å². The first-order valence-electron chi connectivity index (χ1n) is 5.67. The Hall–Kier alpha value is -1.89. The van der Waals surface area contributed by atoms with Gasteiger partial charge in [0.15, 0.2) is 5.57 Å². The number of para-hydroxylation sites is 1. The lowest BCUT2D eigenvalue weighted by Gasteiger charge is -2.29. The van der Waals surface area contributed by atoms with Gasteiger partial charge in [-0.15, -0.1) is 0 Å². The van der Waals surface area contributed by atoms with Gasteiger partial charge < -0.3 is 14.8 Å². The fourth-order valence-electron chi connectivity index (χ4n) is 1.56. The Morgan fingerprint density at radius 2 is 1.85 bits per heavy atom. The van der Waals surface area contributed by atoms with Crippen LogP contribution in [0.25, 0.3) is 0 Å². The summed E-state index contributed by atoms with van der Waals surface area (Å²) in [6.07, 6.45) is 1.06. The van der Waals surface area contributed by atoms with Crippen molar-refractivity contribution in [2.45, 2.75) is 19.6 Å². The summed E-state index contributed by atoms with van der Waals surface area (Å²) in [6.45, 7) is 2.89. The van der Waals surface area contributed by atoms with Crippen LogP contribution in [-0.4, -0.2) is 17.7 Å². The Bertz CT molecular complexity index is 570. The van der Waals surface area contributed by atoms with Crippen LogP contribution in [0.1, 0.15) is 13.8 Å². The van der Waals surface area contributed by atoms with Crippen LogP contribution in [-0.2, 0) is 19.1 Å². The van der Waals surface area contributed by atoms with E-state index in [1.807, 2.05) is 0 Å². The van der Waals surface area contributed by atoms with Crippen molar-refractivity contribution < 1.29 is 23.5 Å². The largest absolute Gasteiger partial charge is 0.419 e. The van der Waals surface area contributed by atoms with Gasteiger partial charge in [0, 0.05) is 24.5 Å². The smallest absolute Gasteiger partial charge is 0.350 e. The lowest BCUT2D eigenvalue weighted by molar-refractivity contribution is -0.222.